The maximum Gasteiger partial charge on any atom is 0.421 e. The van der Waals surface area contributed by atoms with Crippen molar-refractivity contribution in [1.29, 1.82) is 0 Å². The highest BCUT2D eigenvalue weighted by molar-refractivity contribution is 9.09. The number of rotatable bonds is 3. The molecule has 82 valence electrons. The maximum atomic E-state index is 11.4. The summed E-state index contributed by atoms with van der Waals surface area (Å²) in [4.78, 5) is 11.4. The molecule has 0 saturated carbocycles. The molecule has 0 aliphatic heterocycles. The summed E-state index contributed by atoms with van der Waals surface area (Å²) in [6.45, 7) is 2.21. The molecular formula is C10H11Br2NO2. The molecule has 1 amide bonds. The molecule has 1 unspecified atom stereocenters. The van der Waals surface area contributed by atoms with E-state index in [0.717, 1.165) is 5.56 Å². The molecule has 1 aromatic carbocycles. The second-order valence-corrected chi connectivity index (χ2v) is 5.08. The van der Waals surface area contributed by atoms with Gasteiger partial charge in [0, 0.05) is 0 Å². The molecule has 0 fully saturated rings. The van der Waals surface area contributed by atoms with Crippen LogP contribution in [0.1, 0.15) is 12.5 Å². The van der Waals surface area contributed by atoms with Crippen molar-refractivity contribution in [1.82, 2.24) is 3.93 Å². The van der Waals surface area contributed by atoms with Crippen LogP contribution in [-0.4, -0.2) is 15.0 Å². The molecule has 1 rings (SSSR count). The lowest BCUT2D eigenvalue weighted by molar-refractivity contribution is 0.125. The minimum Gasteiger partial charge on any atom is -0.434 e. The Morgan fingerprint density at radius 2 is 2.07 bits per heavy atom. The summed E-state index contributed by atoms with van der Waals surface area (Å²) in [5.41, 5.74) is 1.04. The van der Waals surface area contributed by atoms with Gasteiger partial charge in [-0.3, -0.25) is 0 Å². The molecular weight excluding hydrogens is 326 g/mol. The van der Waals surface area contributed by atoms with Crippen molar-refractivity contribution < 1.29 is 9.53 Å². The molecule has 0 bridgehead atoms. The number of alkyl halides is 1. The first kappa shape index (κ1) is 12.5. The third kappa shape index (κ3) is 4.66. The van der Waals surface area contributed by atoms with Gasteiger partial charge in [-0.1, -0.05) is 30.3 Å². The van der Waals surface area contributed by atoms with Crippen LogP contribution in [0, 0.1) is 0 Å². The molecule has 0 aliphatic carbocycles. The van der Waals surface area contributed by atoms with Gasteiger partial charge in [-0.15, -0.1) is 0 Å². The Morgan fingerprint density at radius 3 is 2.60 bits per heavy atom. The van der Waals surface area contributed by atoms with Crippen LogP contribution in [0.2, 0.25) is 0 Å². The van der Waals surface area contributed by atoms with E-state index < -0.39 is 6.09 Å². The van der Waals surface area contributed by atoms with Gasteiger partial charge in [-0.25, -0.2) is 8.72 Å². The van der Waals surface area contributed by atoms with Crippen molar-refractivity contribution in [2.75, 3.05) is 0 Å². The molecule has 0 aliphatic rings. The van der Waals surface area contributed by atoms with Crippen LogP contribution in [0.5, 0.6) is 0 Å². The third-order valence-corrected chi connectivity index (χ3v) is 2.35. The third-order valence-electron chi connectivity index (χ3n) is 1.63. The summed E-state index contributed by atoms with van der Waals surface area (Å²) in [6, 6.07) is 9.67. The Balaban J connectivity index is 2.49. The molecule has 0 aromatic heterocycles. The van der Waals surface area contributed by atoms with Gasteiger partial charge in [0.25, 0.3) is 0 Å². The van der Waals surface area contributed by atoms with Crippen molar-refractivity contribution in [3.8, 4) is 0 Å². The zero-order valence-corrected chi connectivity index (χ0v) is 11.4. The number of carbonyl (C=O) groups is 1. The fourth-order valence-corrected chi connectivity index (χ4v) is 1.54. The lowest BCUT2D eigenvalue weighted by Gasteiger charge is -2.15. The highest BCUT2D eigenvalue weighted by Gasteiger charge is 2.14. The van der Waals surface area contributed by atoms with E-state index in [1.807, 2.05) is 30.3 Å². The molecule has 0 spiro atoms. The van der Waals surface area contributed by atoms with Gasteiger partial charge in [-0.2, -0.15) is 0 Å². The Hall–Kier alpha value is -0.550. The molecule has 3 nitrogen and oxygen atoms in total. The molecule has 0 radical (unpaired) electrons. The normalized spacial score (nSPS) is 11.9. The zero-order valence-electron chi connectivity index (χ0n) is 8.19. The molecule has 1 aromatic rings. The van der Waals surface area contributed by atoms with Crippen molar-refractivity contribution in [2.24, 2.45) is 0 Å². The molecule has 0 heterocycles. The second kappa shape index (κ2) is 6.12. The van der Waals surface area contributed by atoms with Crippen LogP contribution in [0.3, 0.4) is 0 Å². The Morgan fingerprint density at radius 1 is 1.47 bits per heavy atom. The number of hydrogen-bond acceptors (Lipinski definition) is 2. The summed E-state index contributed by atoms with van der Waals surface area (Å²) >= 11 is 6.28. The quantitative estimate of drug-likeness (QED) is 0.622. The minimum absolute atomic E-state index is 0.291. The lowest BCUT2D eigenvalue weighted by Crippen LogP contribution is -2.23. The SMILES string of the molecule is CC(Br)OC(=O)N(Br)Cc1ccccc1. The molecule has 1 atom stereocenters. The number of amides is 1. The number of benzene rings is 1. The van der Waals surface area contributed by atoms with Crippen LogP contribution in [0.4, 0.5) is 4.79 Å². The summed E-state index contributed by atoms with van der Waals surface area (Å²) in [5.74, 6) is 0. The molecule has 5 heteroatoms. The van der Waals surface area contributed by atoms with Crippen molar-refractivity contribution in [3.63, 3.8) is 0 Å². The predicted octanol–water partition coefficient (Wildman–Crippen LogP) is 3.68. The fraction of sp³-hybridized carbons (Fsp3) is 0.300. The van der Waals surface area contributed by atoms with Crippen LogP contribution in [-0.2, 0) is 11.3 Å². The highest BCUT2D eigenvalue weighted by atomic mass is 79.9. The van der Waals surface area contributed by atoms with Gasteiger partial charge < -0.3 is 4.74 Å². The summed E-state index contributed by atoms with van der Waals surface area (Å²) in [5, 5.41) is -0.291. The van der Waals surface area contributed by atoms with Crippen LogP contribution < -0.4 is 0 Å². The standard InChI is InChI=1S/C10H11Br2NO2/c1-8(11)15-10(14)13(12)7-9-5-3-2-4-6-9/h2-6,8H,7H2,1H3. The van der Waals surface area contributed by atoms with Crippen molar-refractivity contribution >= 4 is 38.2 Å². The first-order chi connectivity index (χ1) is 7.09. The summed E-state index contributed by atoms with van der Waals surface area (Å²) in [6.07, 6.45) is -0.414. The fourth-order valence-electron chi connectivity index (χ4n) is 1.00. The summed E-state index contributed by atoms with van der Waals surface area (Å²) < 4.78 is 6.29. The van der Waals surface area contributed by atoms with Gasteiger partial charge in [0.2, 0.25) is 0 Å². The Labute approximate surface area is 106 Å². The van der Waals surface area contributed by atoms with Gasteiger partial charge in [0.05, 0.1) is 22.7 Å². The highest BCUT2D eigenvalue weighted by Crippen LogP contribution is 2.12. The number of ether oxygens (including phenoxy) is 1. The zero-order chi connectivity index (χ0) is 11.3. The van der Waals surface area contributed by atoms with Gasteiger partial charge in [0.1, 0.15) is 0 Å². The average Bonchev–Trinajstić information content (AvgIpc) is 2.18. The van der Waals surface area contributed by atoms with Crippen LogP contribution in [0.25, 0.3) is 0 Å². The molecule has 15 heavy (non-hydrogen) atoms. The van der Waals surface area contributed by atoms with Gasteiger partial charge >= 0.3 is 6.09 Å². The first-order valence-corrected chi connectivity index (χ1v) is 6.04. The smallest absolute Gasteiger partial charge is 0.421 e. The van der Waals surface area contributed by atoms with E-state index in [-0.39, 0.29) is 5.01 Å². The lowest BCUT2D eigenvalue weighted by atomic mass is 10.2. The van der Waals surface area contributed by atoms with Crippen molar-refractivity contribution in [3.05, 3.63) is 35.9 Å². The van der Waals surface area contributed by atoms with E-state index in [2.05, 4.69) is 32.1 Å². The monoisotopic (exact) mass is 335 g/mol. The summed E-state index contributed by atoms with van der Waals surface area (Å²) in [7, 11) is 0. The Kier molecular flexibility index (Phi) is 5.11. The number of nitrogens with zero attached hydrogens (tertiary/aromatic N) is 1. The molecule has 0 N–H and O–H groups in total. The Bertz CT molecular complexity index is 316. The van der Waals surface area contributed by atoms with E-state index in [1.54, 1.807) is 6.92 Å². The van der Waals surface area contributed by atoms with E-state index in [4.69, 9.17) is 4.74 Å². The van der Waals surface area contributed by atoms with E-state index in [1.165, 1.54) is 3.93 Å². The molecule has 0 saturated heterocycles. The topological polar surface area (TPSA) is 29.5 Å². The van der Waals surface area contributed by atoms with E-state index in [0.29, 0.717) is 6.54 Å². The maximum absolute atomic E-state index is 11.4. The predicted molar refractivity (Wildman–Crippen MR) is 65.8 cm³/mol. The van der Waals surface area contributed by atoms with Crippen LogP contribution in [0.15, 0.2) is 30.3 Å². The van der Waals surface area contributed by atoms with Gasteiger partial charge in [-0.05, 0) is 28.4 Å². The number of halogens is 2. The second-order valence-electron chi connectivity index (χ2n) is 2.93. The van der Waals surface area contributed by atoms with E-state index >= 15 is 0 Å². The number of hydrogen-bond donors (Lipinski definition) is 0. The first-order valence-electron chi connectivity index (χ1n) is 4.41. The van der Waals surface area contributed by atoms with E-state index in [9.17, 15) is 4.79 Å². The van der Waals surface area contributed by atoms with Gasteiger partial charge in [0.15, 0.2) is 5.01 Å². The van der Waals surface area contributed by atoms with Crippen molar-refractivity contribution in [2.45, 2.75) is 18.5 Å². The average molecular weight is 337 g/mol. The number of carbonyl (C=O) groups excluding carboxylic acids is 1. The van der Waals surface area contributed by atoms with Crippen LogP contribution >= 0.6 is 32.1 Å². The minimum atomic E-state index is -0.414. The largest absolute Gasteiger partial charge is 0.434 e.